The van der Waals surface area contributed by atoms with Gasteiger partial charge in [-0.2, -0.15) is 45.9 Å². The predicted octanol–water partition coefficient (Wildman–Crippen LogP) is 6.00. The molecule has 5 aromatic rings. The lowest BCUT2D eigenvalue weighted by Crippen LogP contribution is -2.36. The first-order chi connectivity index (χ1) is 44.4. The number of aromatic nitrogens is 5. The molecule has 0 saturated heterocycles. The molecule has 3 aromatic heterocycles. The molecule has 7 rings (SSSR count). The minimum Gasteiger partial charge on any atom is -0.481 e. The molecular formula is C52H56Cl2F4N11O22PS3. The molecule has 0 saturated carbocycles. The number of alkyl halides is 4. The number of imide groups is 1. The third-order valence-electron chi connectivity index (χ3n) is 11.8. The second kappa shape index (κ2) is 34.8. The Morgan fingerprint density at radius 1 is 0.747 bits per heavy atom. The van der Waals surface area contributed by atoms with E-state index in [1.54, 1.807) is 35.2 Å². The van der Waals surface area contributed by atoms with Crippen molar-refractivity contribution in [2.24, 2.45) is 5.73 Å². The summed E-state index contributed by atoms with van der Waals surface area (Å²) in [5, 5.41) is 20.5. The Labute approximate surface area is 546 Å². The van der Waals surface area contributed by atoms with Crippen LogP contribution in [-0.2, 0) is 58.4 Å². The number of carbonyl (C=O) groups excluding carboxylic acids is 5. The molecular weight excluding hydrogens is 1400 g/mol. The molecule has 0 spiro atoms. The largest absolute Gasteiger partial charge is 0.481 e. The van der Waals surface area contributed by atoms with E-state index in [0.717, 1.165) is 37.2 Å². The maximum atomic E-state index is 12.7. The first-order valence-electron chi connectivity index (χ1n) is 26.5. The maximum Gasteiger partial charge on any atom is 0.388 e. The number of carbonyl (C=O) groups is 7. The third kappa shape index (κ3) is 23.7. The number of carboxylic acid groups (broad SMARTS) is 2. The number of amides is 6. The zero-order valence-corrected chi connectivity index (χ0v) is 54.5. The smallest absolute Gasteiger partial charge is 0.388 e. The van der Waals surface area contributed by atoms with Crippen LogP contribution in [0.2, 0.25) is 5.02 Å². The highest BCUT2D eigenvalue weighted by Gasteiger charge is 2.40. The fourth-order valence-corrected chi connectivity index (χ4v) is 12.3. The number of pyridine rings is 1. The molecule has 2 atom stereocenters. The number of halogens is 6. The fraction of sp³-hybridized carbons (Fsp3) is 0.308. The lowest BCUT2D eigenvalue weighted by molar-refractivity contribution is -0.139. The number of nitrogens with two attached hydrogens (primary N) is 1. The van der Waals surface area contributed by atoms with Crippen LogP contribution in [-0.4, -0.2) is 166 Å². The minimum absolute atomic E-state index is 0.0412. The van der Waals surface area contributed by atoms with Gasteiger partial charge in [0, 0.05) is 35.2 Å². The van der Waals surface area contributed by atoms with Crippen molar-refractivity contribution in [3.05, 3.63) is 105 Å². The van der Waals surface area contributed by atoms with Crippen molar-refractivity contribution in [1.82, 2.24) is 34.4 Å². The molecule has 95 heavy (non-hydrogen) atoms. The van der Waals surface area contributed by atoms with Gasteiger partial charge in [-0.05, 0) is 93.1 Å². The summed E-state index contributed by atoms with van der Waals surface area (Å²) in [6.45, 7) is -2.41. The standard InChI is InChI=1S/C19H17Cl2NO4.C14H10F4N4O7S.C14H17N5O7S2.C5H12NO4P/c1-2-26-19(25)16(21)10-11-9-12(7-8-15(11)20)22-17(23)13-5-3-4-6-14(13)18(22)24;15-11(16)28-8-5-9(29-12(17)18)20-13(19-8)21-14(25)22-30(26,27)7-4-2-1-3-6(7)10(23)24;1-4-27(21,22)9-6-5-7-15-12(9)28(23,24)19-14(20)18-13-16-10(25-2)8-11(17-13)26-3;1-11(9,10)3-2-4(6)5(7)8/h7-10H,2-6H2,1H3;1-5,11-12H,(H,23,24)(H2,19,20,21,22,25);5-8H,4H2,1-3H3,(H2,16,17,18,19,20);4H,2-3,6H2,1H3,(H,7,8)(H,9,10)/b16-10-;;;. The Morgan fingerprint density at radius 2 is 1.24 bits per heavy atom. The van der Waals surface area contributed by atoms with Crippen LogP contribution in [0.1, 0.15) is 61.9 Å². The average Bonchev–Trinajstić information content (AvgIpc) is 1.69. The van der Waals surface area contributed by atoms with E-state index >= 15 is 0 Å². The number of anilines is 3. The molecule has 1 aliphatic carbocycles. The van der Waals surface area contributed by atoms with Gasteiger partial charge in [-0.3, -0.25) is 29.6 Å². The normalized spacial score (nSPS) is 14.0. The van der Waals surface area contributed by atoms with Gasteiger partial charge >= 0.3 is 43.2 Å². The Hall–Kier alpha value is -9.18. The van der Waals surface area contributed by atoms with Gasteiger partial charge in [0.15, 0.2) is 22.2 Å². The molecule has 6 amide bonds. The van der Waals surface area contributed by atoms with Crippen LogP contribution in [0.5, 0.6) is 23.5 Å². The number of urea groups is 2. The van der Waals surface area contributed by atoms with E-state index in [4.69, 9.17) is 58.3 Å². The first kappa shape index (κ1) is 78.3. The summed E-state index contributed by atoms with van der Waals surface area (Å²) in [6, 6.07) is 9.40. The summed E-state index contributed by atoms with van der Waals surface area (Å²) >= 11 is 12.1. The van der Waals surface area contributed by atoms with Crippen molar-refractivity contribution in [2.75, 3.05) is 54.9 Å². The number of esters is 1. The van der Waals surface area contributed by atoms with E-state index < -0.39 is 125 Å². The molecule has 9 N–H and O–H groups in total. The molecule has 0 bridgehead atoms. The van der Waals surface area contributed by atoms with Gasteiger partial charge in [-0.15, -0.1) is 0 Å². The quantitative estimate of drug-likeness (QED) is 0.0122. The molecule has 4 heterocycles. The van der Waals surface area contributed by atoms with Crippen LogP contribution in [0, 0.1) is 0 Å². The summed E-state index contributed by atoms with van der Waals surface area (Å²) in [5.41, 5.74) is 6.49. The zero-order chi connectivity index (χ0) is 71.3. The van der Waals surface area contributed by atoms with Gasteiger partial charge in [-0.25, -0.2) is 55.3 Å². The minimum atomic E-state index is -4.71. The Bertz CT molecular complexity index is 4100. The number of nitrogens with zero attached hydrogens (tertiary/aromatic N) is 6. The number of nitrogens with one attached hydrogen (secondary N) is 4. The molecule has 0 radical (unpaired) electrons. The molecule has 2 aliphatic rings. The van der Waals surface area contributed by atoms with Crippen LogP contribution >= 0.6 is 30.6 Å². The van der Waals surface area contributed by atoms with E-state index in [0.29, 0.717) is 46.3 Å². The Balaban J connectivity index is 0.000000281. The van der Waals surface area contributed by atoms with Gasteiger partial charge < -0.3 is 44.5 Å². The SMILES string of the molecule is CCOC(=O)/C(Cl)=C/c1cc(N2C(=O)C3=C(CCCC3)C2=O)ccc1Cl.CCS(=O)(=O)c1cccnc1S(=O)(=O)NC(=O)Nc1nc(OC)cc(OC)n1.CP(=O)(O)CCC(N)C(=O)O.O=C(Nc1nc(OC(F)F)cc(OC(F)F)n1)NS(=O)(=O)c1ccccc1C(=O)O. The fourth-order valence-electron chi connectivity index (χ4n) is 7.53. The van der Waals surface area contributed by atoms with Gasteiger partial charge in [0.05, 0.1) is 50.0 Å². The van der Waals surface area contributed by atoms with Crippen molar-refractivity contribution in [2.45, 2.75) is 80.0 Å². The van der Waals surface area contributed by atoms with Crippen LogP contribution in [0.15, 0.2) is 104 Å². The van der Waals surface area contributed by atoms with E-state index in [1.807, 2.05) is 0 Å². The highest BCUT2D eigenvalue weighted by Crippen LogP contribution is 2.38. The highest BCUT2D eigenvalue weighted by molar-refractivity contribution is 7.93. The number of rotatable bonds is 23. The van der Waals surface area contributed by atoms with E-state index in [2.05, 4.69) is 39.7 Å². The van der Waals surface area contributed by atoms with Crippen molar-refractivity contribution in [3.63, 3.8) is 0 Å². The van der Waals surface area contributed by atoms with E-state index in [9.17, 15) is 80.9 Å². The number of ether oxygens (including phenoxy) is 5. The van der Waals surface area contributed by atoms with Gasteiger partial charge in [0.2, 0.25) is 35.4 Å². The lowest BCUT2D eigenvalue weighted by Gasteiger charge is -2.16. The van der Waals surface area contributed by atoms with Crippen molar-refractivity contribution >= 4 is 126 Å². The summed E-state index contributed by atoms with van der Waals surface area (Å²) in [4.78, 5) is 109. The van der Waals surface area contributed by atoms with Crippen LogP contribution in [0.25, 0.3) is 6.08 Å². The second-order valence-corrected chi connectivity index (χ2v) is 27.4. The van der Waals surface area contributed by atoms with Crippen molar-refractivity contribution in [1.29, 1.82) is 0 Å². The molecule has 33 nitrogen and oxygen atoms in total. The summed E-state index contributed by atoms with van der Waals surface area (Å²) < 4.78 is 159. The predicted molar refractivity (Wildman–Crippen MR) is 325 cm³/mol. The number of sulfonamides is 2. The molecule has 1 aliphatic heterocycles. The number of carboxylic acids is 2. The lowest BCUT2D eigenvalue weighted by atomic mass is 9.93. The number of benzene rings is 2. The average molecular weight is 1460 g/mol. The van der Waals surface area contributed by atoms with Crippen LogP contribution in [0.4, 0.5) is 44.7 Å². The second-order valence-electron chi connectivity index (χ2n) is 18.6. The maximum absolute atomic E-state index is 12.7. The molecule has 43 heteroatoms. The summed E-state index contributed by atoms with van der Waals surface area (Å²) in [6.07, 6.45) is 5.54. The monoisotopic (exact) mass is 1460 g/mol. The van der Waals surface area contributed by atoms with Crippen molar-refractivity contribution in [3.8, 4) is 23.5 Å². The molecule has 0 fully saturated rings. The number of aliphatic carboxylic acids is 1. The number of hydrogen-bond donors (Lipinski definition) is 8. The molecule has 516 valence electrons. The van der Waals surface area contributed by atoms with Gasteiger partial charge in [-0.1, -0.05) is 42.3 Å². The molecule has 2 aromatic carbocycles. The van der Waals surface area contributed by atoms with Crippen molar-refractivity contribution < 1.29 is 120 Å². The molecule has 2 unspecified atom stereocenters. The number of hydrogen-bond acceptors (Lipinski definition) is 25. The van der Waals surface area contributed by atoms with Gasteiger partial charge in [0.25, 0.3) is 31.9 Å². The number of methoxy groups -OCH3 is 2. The van der Waals surface area contributed by atoms with Crippen LogP contribution in [0.3, 0.4) is 0 Å². The van der Waals surface area contributed by atoms with Crippen LogP contribution < -0.4 is 49.7 Å². The zero-order valence-electron chi connectivity index (χ0n) is 49.7. The van der Waals surface area contributed by atoms with E-state index in [-0.39, 0.29) is 59.5 Å². The number of aromatic carboxylic acids is 1. The summed E-state index contributed by atoms with van der Waals surface area (Å²) in [7, 11) is -13.7. The topological polar surface area (TPSA) is 488 Å². The third-order valence-corrected chi connectivity index (χ3v) is 18.0. The van der Waals surface area contributed by atoms with Gasteiger partial charge in [0.1, 0.15) is 20.9 Å². The first-order valence-corrected chi connectivity index (χ1v) is 34.2. The summed E-state index contributed by atoms with van der Waals surface area (Å²) in [5.74, 6) is -7.34. The van der Waals surface area contributed by atoms with E-state index in [1.165, 1.54) is 67.8 Å². The number of sulfone groups is 1. The Kier molecular flexibility index (Phi) is 28.7. The Morgan fingerprint density at radius 3 is 1.72 bits per heavy atom. The highest BCUT2D eigenvalue weighted by atomic mass is 35.5.